The Morgan fingerprint density at radius 3 is 2.67 bits per heavy atom. The highest BCUT2D eigenvalue weighted by Gasteiger charge is 2.37. The van der Waals surface area contributed by atoms with E-state index in [2.05, 4.69) is 31.0 Å². The molecule has 0 bridgehead atoms. The normalized spacial score (nSPS) is 33.9. The maximum absolute atomic E-state index is 12.2. The summed E-state index contributed by atoms with van der Waals surface area (Å²) in [6, 6.07) is 0.765. The number of nitrogens with one attached hydrogen (secondary N) is 1. The molecule has 0 aromatic carbocycles. The maximum Gasteiger partial charge on any atom is 0.226 e. The topological polar surface area (TPSA) is 32.3 Å². The number of nitrogens with zero attached hydrogens (tertiary/aromatic N) is 1. The minimum Gasteiger partial charge on any atom is -0.337 e. The monoisotopic (exact) mass is 210 g/mol. The molecule has 1 amide bonds. The van der Waals surface area contributed by atoms with Crippen molar-refractivity contribution in [3.63, 3.8) is 0 Å². The predicted molar refractivity (Wildman–Crippen MR) is 60.5 cm³/mol. The second-order valence-electron chi connectivity index (χ2n) is 5.14. The minimum atomic E-state index is 0.248. The molecule has 3 unspecified atom stereocenters. The van der Waals surface area contributed by atoms with Gasteiger partial charge in [0.25, 0.3) is 0 Å². The van der Waals surface area contributed by atoms with E-state index in [4.69, 9.17) is 0 Å². The van der Waals surface area contributed by atoms with Crippen LogP contribution in [0.2, 0.25) is 0 Å². The Hall–Kier alpha value is -0.570. The Morgan fingerprint density at radius 2 is 2.07 bits per heavy atom. The third kappa shape index (κ3) is 2.17. The highest BCUT2D eigenvalue weighted by atomic mass is 16.2. The zero-order valence-corrected chi connectivity index (χ0v) is 9.99. The Bertz CT molecular complexity index is 250. The molecule has 0 aromatic heterocycles. The van der Waals surface area contributed by atoms with Crippen LogP contribution in [-0.4, -0.2) is 36.0 Å². The number of hydrogen-bond acceptors (Lipinski definition) is 2. The third-order valence-corrected chi connectivity index (χ3v) is 4.04. The van der Waals surface area contributed by atoms with E-state index in [-0.39, 0.29) is 5.92 Å². The average Bonchev–Trinajstić information content (AvgIpc) is 3.03. The highest BCUT2D eigenvalue weighted by molar-refractivity contribution is 5.79. The molecule has 3 heteroatoms. The fraction of sp³-hybridized carbons (Fsp3) is 0.917. The summed E-state index contributed by atoms with van der Waals surface area (Å²) < 4.78 is 0. The van der Waals surface area contributed by atoms with E-state index >= 15 is 0 Å². The van der Waals surface area contributed by atoms with E-state index in [1.54, 1.807) is 0 Å². The van der Waals surface area contributed by atoms with Gasteiger partial charge in [0.2, 0.25) is 5.91 Å². The molecule has 0 spiro atoms. The standard InChI is InChI=1S/C12H22N2O/c1-8(11-4-5-11)12(15)14-7-6-13-9(2)10(14)3/h8-11,13H,4-7H2,1-3H3. The average molecular weight is 210 g/mol. The number of carbonyl (C=O) groups excluding carboxylic acids is 1. The van der Waals surface area contributed by atoms with E-state index in [1.807, 2.05) is 0 Å². The molecule has 2 rings (SSSR count). The van der Waals surface area contributed by atoms with Crippen LogP contribution in [0.3, 0.4) is 0 Å². The van der Waals surface area contributed by atoms with E-state index in [0.29, 0.717) is 23.9 Å². The van der Waals surface area contributed by atoms with Gasteiger partial charge in [0.15, 0.2) is 0 Å². The van der Waals surface area contributed by atoms with Crippen LogP contribution in [0.15, 0.2) is 0 Å². The summed E-state index contributed by atoms with van der Waals surface area (Å²) in [5, 5.41) is 3.41. The largest absolute Gasteiger partial charge is 0.337 e. The van der Waals surface area contributed by atoms with Crippen molar-refractivity contribution in [1.29, 1.82) is 0 Å². The van der Waals surface area contributed by atoms with Gasteiger partial charge in [-0.2, -0.15) is 0 Å². The van der Waals surface area contributed by atoms with Gasteiger partial charge in [-0.1, -0.05) is 6.92 Å². The third-order valence-electron chi connectivity index (χ3n) is 4.04. The van der Waals surface area contributed by atoms with Crippen LogP contribution in [0.25, 0.3) is 0 Å². The van der Waals surface area contributed by atoms with Crippen LogP contribution >= 0.6 is 0 Å². The zero-order chi connectivity index (χ0) is 11.0. The number of piperazine rings is 1. The van der Waals surface area contributed by atoms with Gasteiger partial charge in [-0.25, -0.2) is 0 Å². The van der Waals surface area contributed by atoms with Crippen LogP contribution in [0.4, 0.5) is 0 Å². The summed E-state index contributed by atoms with van der Waals surface area (Å²) in [5.41, 5.74) is 0. The first-order chi connectivity index (χ1) is 7.11. The number of carbonyl (C=O) groups is 1. The molecule has 2 fully saturated rings. The molecule has 1 saturated heterocycles. The fourth-order valence-corrected chi connectivity index (χ4v) is 2.43. The van der Waals surface area contributed by atoms with Crippen LogP contribution < -0.4 is 5.32 Å². The van der Waals surface area contributed by atoms with Crippen molar-refractivity contribution in [2.45, 2.75) is 45.7 Å². The van der Waals surface area contributed by atoms with E-state index in [9.17, 15) is 4.79 Å². The lowest BCUT2D eigenvalue weighted by atomic mass is 10.0. The molecule has 15 heavy (non-hydrogen) atoms. The van der Waals surface area contributed by atoms with Gasteiger partial charge in [0.05, 0.1) is 0 Å². The Balaban J connectivity index is 1.98. The summed E-state index contributed by atoms with van der Waals surface area (Å²) in [5.74, 6) is 1.30. The summed E-state index contributed by atoms with van der Waals surface area (Å²) in [7, 11) is 0. The van der Waals surface area contributed by atoms with Crippen molar-refractivity contribution in [3.05, 3.63) is 0 Å². The minimum absolute atomic E-state index is 0.248. The van der Waals surface area contributed by atoms with E-state index in [1.165, 1.54) is 12.8 Å². The Kier molecular flexibility index (Phi) is 3.01. The summed E-state index contributed by atoms with van der Waals surface area (Å²) in [6.07, 6.45) is 2.51. The molecule has 3 nitrogen and oxygen atoms in total. The first-order valence-electron chi connectivity index (χ1n) is 6.15. The molecule has 86 valence electrons. The second-order valence-corrected chi connectivity index (χ2v) is 5.14. The van der Waals surface area contributed by atoms with Gasteiger partial charge in [-0.3, -0.25) is 4.79 Å². The summed E-state index contributed by atoms with van der Waals surface area (Å²) >= 11 is 0. The van der Waals surface area contributed by atoms with Crippen LogP contribution in [0.1, 0.15) is 33.6 Å². The summed E-state index contributed by atoms with van der Waals surface area (Å²) in [4.78, 5) is 14.3. The van der Waals surface area contributed by atoms with Gasteiger partial charge in [-0.05, 0) is 32.6 Å². The van der Waals surface area contributed by atoms with Crippen molar-refractivity contribution in [1.82, 2.24) is 10.2 Å². The van der Waals surface area contributed by atoms with E-state index < -0.39 is 0 Å². The molecular formula is C12H22N2O. The van der Waals surface area contributed by atoms with Crippen molar-refractivity contribution >= 4 is 5.91 Å². The lowest BCUT2D eigenvalue weighted by molar-refractivity contribution is -0.139. The summed E-state index contributed by atoms with van der Waals surface area (Å²) in [6.45, 7) is 8.22. The van der Waals surface area contributed by atoms with Gasteiger partial charge >= 0.3 is 0 Å². The Morgan fingerprint density at radius 1 is 1.40 bits per heavy atom. The number of amides is 1. The predicted octanol–water partition coefficient (Wildman–Crippen LogP) is 1.24. The Labute approximate surface area is 92.2 Å². The molecule has 1 N–H and O–H groups in total. The molecule has 1 aliphatic carbocycles. The zero-order valence-electron chi connectivity index (χ0n) is 9.99. The molecule has 1 aliphatic heterocycles. The van der Waals surface area contributed by atoms with Crippen LogP contribution in [0, 0.1) is 11.8 Å². The first-order valence-corrected chi connectivity index (χ1v) is 6.15. The molecule has 0 aromatic rings. The molecule has 2 aliphatic rings. The van der Waals surface area contributed by atoms with Crippen LogP contribution in [0.5, 0.6) is 0 Å². The van der Waals surface area contributed by atoms with Crippen molar-refractivity contribution in [3.8, 4) is 0 Å². The molecule has 3 atom stereocenters. The number of rotatable bonds is 2. The smallest absolute Gasteiger partial charge is 0.226 e. The molecule has 0 radical (unpaired) electrons. The second kappa shape index (κ2) is 4.12. The molecule has 1 saturated carbocycles. The van der Waals surface area contributed by atoms with E-state index in [0.717, 1.165) is 13.1 Å². The van der Waals surface area contributed by atoms with Gasteiger partial charge in [0, 0.05) is 31.1 Å². The van der Waals surface area contributed by atoms with Crippen LogP contribution in [-0.2, 0) is 4.79 Å². The van der Waals surface area contributed by atoms with Crippen molar-refractivity contribution < 1.29 is 4.79 Å². The molecular weight excluding hydrogens is 188 g/mol. The SMILES string of the molecule is CC1NCCN(C(=O)C(C)C2CC2)C1C. The quantitative estimate of drug-likeness (QED) is 0.744. The lowest BCUT2D eigenvalue weighted by Crippen LogP contribution is -2.58. The fourth-order valence-electron chi connectivity index (χ4n) is 2.43. The highest BCUT2D eigenvalue weighted by Crippen LogP contribution is 2.37. The maximum atomic E-state index is 12.2. The lowest BCUT2D eigenvalue weighted by Gasteiger charge is -2.40. The van der Waals surface area contributed by atoms with Gasteiger partial charge in [-0.15, -0.1) is 0 Å². The van der Waals surface area contributed by atoms with Crippen molar-refractivity contribution in [2.24, 2.45) is 11.8 Å². The first kappa shape index (κ1) is 10.9. The van der Waals surface area contributed by atoms with Gasteiger partial charge < -0.3 is 10.2 Å². The molecule has 1 heterocycles. The van der Waals surface area contributed by atoms with Crippen molar-refractivity contribution in [2.75, 3.05) is 13.1 Å². The van der Waals surface area contributed by atoms with Gasteiger partial charge in [0.1, 0.15) is 0 Å². The number of hydrogen-bond donors (Lipinski definition) is 1.